The Bertz CT molecular complexity index is 284. The molecule has 1 nitrogen and oxygen atoms in total. The van der Waals surface area contributed by atoms with Crippen LogP contribution in [0.15, 0.2) is 18.7 Å². The van der Waals surface area contributed by atoms with Crippen LogP contribution in [0.25, 0.3) is 6.08 Å². The fourth-order valence-corrected chi connectivity index (χ4v) is 1.66. The first-order valence-corrected chi connectivity index (χ1v) is 5.29. The molecule has 0 radical (unpaired) electrons. The summed E-state index contributed by atoms with van der Waals surface area (Å²) in [6.45, 7) is 11.7. The first-order valence-electron chi connectivity index (χ1n) is 4.47. The average Bonchev–Trinajstić information content (AvgIpc) is 2.45. The molecule has 0 aliphatic rings. The molecule has 0 saturated heterocycles. The van der Waals surface area contributed by atoms with Gasteiger partial charge in [-0.15, -0.1) is 11.3 Å². The van der Waals surface area contributed by atoms with E-state index in [4.69, 9.17) is 0 Å². The molecule has 0 saturated carbocycles. The van der Waals surface area contributed by atoms with Gasteiger partial charge in [-0.3, -0.25) is 0 Å². The van der Waals surface area contributed by atoms with Gasteiger partial charge in [-0.05, 0) is 19.9 Å². The van der Waals surface area contributed by atoms with E-state index in [-0.39, 0.29) is 0 Å². The predicted molar refractivity (Wildman–Crippen MR) is 62.2 cm³/mol. The highest BCUT2D eigenvalue weighted by atomic mass is 32.1. The van der Waals surface area contributed by atoms with E-state index in [2.05, 4.69) is 18.5 Å². The second kappa shape index (κ2) is 6.61. The van der Waals surface area contributed by atoms with Gasteiger partial charge in [0.2, 0.25) is 0 Å². The van der Waals surface area contributed by atoms with Crippen LogP contribution in [0.1, 0.15) is 29.4 Å². The summed E-state index contributed by atoms with van der Waals surface area (Å²) in [4.78, 5) is 5.60. The van der Waals surface area contributed by atoms with Gasteiger partial charge in [-0.1, -0.05) is 32.6 Å². The van der Waals surface area contributed by atoms with Crippen LogP contribution in [0.2, 0.25) is 0 Å². The molecule has 2 heteroatoms. The quantitative estimate of drug-likeness (QED) is 0.650. The first kappa shape index (κ1) is 12.1. The third-order valence-corrected chi connectivity index (χ3v) is 2.23. The second-order valence-electron chi connectivity index (χ2n) is 2.27. The lowest BCUT2D eigenvalue weighted by molar-refractivity contribution is 1.26. The van der Waals surface area contributed by atoms with Gasteiger partial charge in [0.1, 0.15) is 0 Å². The van der Waals surface area contributed by atoms with Crippen LogP contribution in [0.4, 0.5) is 0 Å². The van der Waals surface area contributed by atoms with Crippen molar-refractivity contribution in [3.63, 3.8) is 0 Å². The lowest BCUT2D eigenvalue weighted by Gasteiger charge is -1.83. The van der Waals surface area contributed by atoms with Crippen LogP contribution in [0.3, 0.4) is 0 Å². The summed E-state index contributed by atoms with van der Waals surface area (Å²) in [5, 5.41) is 1.12. The Morgan fingerprint density at radius 3 is 2.31 bits per heavy atom. The highest BCUT2D eigenvalue weighted by Gasteiger charge is 1.98. The number of aryl methyl sites for hydroxylation is 2. The fraction of sp³-hybridized carbons (Fsp3) is 0.364. The predicted octanol–water partition coefficient (Wildman–Crippen LogP) is 3.99. The van der Waals surface area contributed by atoms with Crippen LogP contribution in [-0.4, -0.2) is 4.98 Å². The Morgan fingerprint density at radius 2 is 1.92 bits per heavy atom. The molecular formula is C11H17NS. The Labute approximate surface area is 84.8 Å². The largest absolute Gasteiger partial charge is 0.242 e. The highest BCUT2D eigenvalue weighted by Crippen LogP contribution is 2.17. The summed E-state index contributed by atoms with van der Waals surface area (Å²) >= 11 is 1.72. The van der Waals surface area contributed by atoms with Crippen molar-refractivity contribution in [1.82, 2.24) is 4.98 Å². The van der Waals surface area contributed by atoms with Crippen molar-refractivity contribution in [3.8, 4) is 0 Å². The molecule has 0 amide bonds. The molecule has 0 spiro atoms. The van der Waals surface area contributed by atoms with Gasteiger partial charge in [0, 0.05) is 4.88 Å². The monoisotopic (exact) mass is 195 g/mol. The van der Waals surface area contributed by atoms with Crippen molar-refractivity contribution in [2.75, 3.05) is 0 Å². The van der Waals surface area contributed by atoms with Crippen molar-refractivity contribution < 1.29 is 0 Å². The molecule has 0 aromatic carbocycles. The minimum absolute atomic E-state index is 1.06. The van der Waals surface area contributed by atoms with Crippen molar-refractivity contribution in [1.29, 1.82) is 0 Å². The summed E-state index contributed by atoms with van der Waals surface area (Å²) in [7, 11) is 0. The number of nitrogens with zero attached hydrogens (tertiary/aromatic N) is 1. The Balaban J connectivity index is 0.000000671. The molecule has 13 heavy (non-hydrogen) atoms. The Morgan fingerprint density at radius 1 is 1.31 bits per heavy atom. The minimum atomic E-state index is 1.06. The van der Waals surface area contributed by atoms with Gasteiger partial charge < -0.3 is 0 Å². The summed E-state index contributed by atoms with van der Waals surface area (Å²) in [5.41, 5.74) is 1.06. The number of hydrogen-bond acceptors (Lipinski definition) is 2. The molecule has 1 aromatic rings. The Hall–Kier alpha value is -0.890. The maximum Gasteiger partial charge on any atom is 0.0904 e. The molecule has 0 aliphatic carbocycles. The van der Waals surface area contributed by atoms with E-state index in [1.54, 1.807) is 17.4 Å². The van der Waals surface area contributed by atoms with E-state index in [1.807, 2.05) is 32.9 Å². The molecule has 1 heterocycles. The van der Waals surface area contributed by atoms with Gasteiger partial charge in [-0.25, -0.2) is 4.98 Å². The van der Waals surface area contributed by atoms with Gasteiger partial charge >= 0.3 is 0 Å². The smallest absolute Gasteiger partial charge is 0.0904 e. The number of allylic oxidation sites excluding steroid dienone is 2. The zero-order valence-corrected chi connectivity index (χ0v) is 9.61. The number of thiazole rings is 1. The molecule has 0 unspecified atom stereocenters. The number of rotatable bonds is 2. The van der Waals surface area contributed by atoms with E-state index in [0.29, 0.717) is 0 Å². The van der Waals surface area contributed by atoms with E-state index in [9.17, 15) is 0 Å². The molecule has 0 N–H and O–H groups in total. The fourth-order valence-electron chi connectivity index (χ4n) is 0.859. The Kier molecular flexibility index (Phi) is 6.15. The van der Waals surface area contributed by atoms with Crippen molar-refractivity contribution in [3.05, 3.63) is 34.3 Å². The topological polar surface area (TPSA) is 12.9 Å². The van der Waals surface area contributed by atoms with Crippen LogP contribution in [-0.2, 0) is 0 Å². The molecule has 1 rings (SSSR count). The van der Waals surface area contributed by atoms with E-state index >= 15 is 0 Å². The second-order valence-corrected chi connectivity index (χ2v) is 3.68. The van der Waals surface area contributed by atoms with Crippen LogP contribution >= 0.6 is 11.3 Å². The molecule has 0 aliphatic heterocycles. The summed E-state index contributed by atoms with van der Waals surface area (Å²) < 4.78 is 0. The van der Waals surface area contributed by atoms with Crippen molar-refractivity contribution >= 4 is 17.4 Å². The molecular weight excluding hydrogens is 178 g/mol. The van der Waals surface area contributed by atoms with Crippen LogP contribution in [0, 0.1) is 13.8 Å². The summed E-state index contributed by atoms with van der Waals surface area (Å²) in [5.74, 6) is 0. The molecule has 1 aromatic heterocycles. The van der Waals surface area contributed by atoms with E-state index in [0.717, 1.165) is 10.7 Å². The SMILES string of the molecule is C=C/C=C\c1nc(C)sc1C.CC. The normalized spacial score (nSPS) is 9.54. The lowest BCUT2D eigenvalue weighted by Crippen LogP contribution is -1.73. The zero-order valence-electron chi connectivity index (χ0n) is 8.79. The third-order valence-electron chi connectivity index (χ3n) is 1.33. The molecule has 0 bridgehead atoms. The molecule has 0 atom stereocenters. The van der Waals surface area contributed by atoms with Gasteiger partial charge in [0.05, 0.1) is 10.7 Å². The first-order chi connectivity index (χ1) is 6.24. The molecule has 72 valence electrons. The van der Waals surface area contributed by atoms with Crippen molar-refractivity contribution in [2.45, 2.75) is 27.7 Å². The number of hydrogen-bond donors (Lipinski definition) is 0. The van der Waals surface area contributed by atoms with Crippen molar-refractivity contribution in [2.24, 2.45) is 0 Å². The van der Waals surface area contributed by atoms with Crippen LogP contribution in [0.5, 0.6) is 0 Å². The summed E-state index contributed by atoms with van der Waals surface area (Å²) in [6.07, 6.45) is 5.64. The van der Waals surface area contributed by atoms with Gasteiger partial charge in [0.15, 0.2) is 0 Å². The van der Waals surface area contributed by atoms with E-state index < -0.39 is 0 Å². The highest BCUT2D eigenvalue weighted by molar-refractivity contribution is 7.11. The maximum atomic E-state index is 4.33. The lowest BCUT2D eigenvalue weighted by atomic mass is 10.3. The standard InChI is InChI=1S/C9H11NS.C2H6/c1-4-5-6-9-7(2)11-8(3)10-9;1-2/h4-6H,1H2,2-3H3;1-2H3/b6-5-;. The maximum absolute atomic E-state index is 4.33. The third kappa shape index (κ3) is 4.04. The van der Waals surface area contributed by atoms with Gasteiger partial charge in [0.25, 0.3) is 0 Å². The van der Waals surface area contributed by atoms with Gasteiger partial charge in [-0.2, -0.15) is 0 Å². The molecule has 0 fully saturated rings. The zero-order chi connectivity index (χ0) is 10.3. The number of aromatic nitrogens is 1. The van der Waals surface area contributed by atoms with Crippen LogP contribution < -0.4 is 0 Å². The van der Waals surface area contributed by atoms with E-state index in [1.165, 1.54) is 4.88 Å². The minimum Gasteiger partial charge on any atom is -0.242 e. The summed E-state index contributed by atoms with van der Waals surface area (Å²) in [6, 6.07) is 0. The average molecular weight is 195 g/mol.